The molecule has 232 valence electrons. The highest BCUT2D eigenvalue weighted by Gasteiger charge is 2.47. The van der Waals surface area contributed by atoms with Gasteiger partial charge >= 0.3 is 6.03 Å². The molecule has 1 fully saturated rings. The van der Waals surface area contributed by atoms with Crippen molar-refractivity contribution in [2.45, 2.75) is 48.7 Å². The fraction of sp³-hybridized carbons (Fsp3) is 0.257. The molecular weight excluding hydrogens is 600 g/mol. The van der Waals surface area contributed by atoms with Crippen LogP contribution in [0, 0.1) is 18.3 Å². The lowest BCUT2D eigenvalue weighted by atomic mass is 9.99. The van der Waals surface area contributed by atoms with Crippen LogP contribution in [0.3, 0.4) is 0 Å². The predicted molar refractivity (Wildman–Crippen MR) is 175 cm³/mol. The van der Waals surface area contributed by atoms with Crippen LogP contribution in [0.25, 0.3) is 0 Å². The van der Waals surface area contributed by atoms with E-state index in [0.29, 0.717) is 28.5 Å². The SMILES string of the molecule is Cc1cc(Oc2cccc(COc3ccccc3C#N)c2)ccc1N1C(=O)NC2c3c1ccnc3S[C@H]2C(=O)NC1CCCNC1. The molecule has 3 aromatic carbocycles. The highest BCUT2D eigenvalue weighted by molar-refractivity contribution is 8.01. The number of carbonyl (C=O) groups is 2. The number of para-hydroxylation sites is 1. The molecule has 3 aliphatic rings. The van der Waals surface area contributed by atoms with Gasteiger partial charge in [-0.3, -0.25) is 9.69 Å². The van der Waals surface area contributed by atoms with Crippen LogP contribution in [-0.4, -0.2) is 41.3 Å². The van der Waals surface area contributed by atoms with E-state index in [0.717, 1.165) is 53.3 Å². The lowest BCUT2D eigenvalue weighted by molar-refractivity contribution is -0.121. The van der Waals surface area contributed by atoms with E-state index in [1.807, 2.05) is 61.5 Å². The summed E-state index contributed by atoms with van der Waals surface area (Å²) in [7, 11) is 0. The molecule has 4 heterocycles. The number of pyridine rings is 1. The van der Waals surface area contributed by atoms with Crippen LogP contribution >= 0.6 is 11.8 Å². The molecule has 1 aromatic heterocycles. The van der Waals surface area contributed by atoms with E-state index in [1.165, 1.54) is 11.8 Å². The number of nitrogens with zero attached hydrogens (tertiary/aromatic N) is 3. The van der Waals surface area contributed by atoms with Gasteiger partial charge in [0.25, 0.3) is 0 Å². The van der Waals surface area contributed by atoms with Crippen molar-refractivity contribution in [1.82, 2.24) is 20.9 Å². The van der Waals surface area contributed by atoms with Gasteiger partial charge in [0.05, 0.1) is 23.0 Å². The molecule has 4 aromatic rings. The Kier molecular flexibility index (Phi) is 8.22. The van der Waals surface area contributed by atoms with Gasteiger partial charge in [0.1, 0.15) is 40.2 Å². The number of ether oxygens (including phenoxy) is 2. The summed E-state index contributed by atoms with van der Waals surface area (Å²) in [5.74, 6) is 1.71. The summed E-state index contributed by atoms with van der Waals surface area (Å²) in [4.78, 5) is 33.2. The van der Waals surface area contributed by atoms with Crippen LogP contribution in [0.1, 0.15) is 41.1 Å². The molecular formula is C35H32N6O4S. The molecule has 0 aliphatic carbocycles. The average Bonchev–Trinajstić information content (AvgIpc) is 3.45. The second-order valence-corrected chi connectivity index (χ2v) is 12.6. The number of thioether (sulfide) groups is 1. The highest BCUT2D eigenvalue weighted by Crippen LogP contribution is 2.51. The molecule has 0 bridgehead atoms. The third-order valence-corrected chi connectivity index (χ3v) is 9.64. The van der Waals surface area contributed by atoms with Crippen LogP contribution in [0.4, 0.5) is 16.2 Å². The molecule has 0 saturated carbocycles. The monoisotopic (exact) mass is 632 g/mol. The van der Waals surface area contributed by atoms with Gasteiger partial charge in [0.2, 0.25) is 5.91 Å². The van der Waals surface area contributed by atoms with Gasteiger partial charge in [-0.15, -0.1) is 0 Å². The summed E-state index contributed by atoms with van der Waals surface area (Å²) >= 11 is 1.40. The molecule has 1 saturated heterocycles. The van der Waals surface area contributed by atoms with E-state index in [1.54, 1.807) is 29.3 Å². The van der Waals surface area contributed by atoms with Crippen molar-refractivity contribution < 1.29 is 19.1 Å². The Morgan fingerprint density at radius 1 is 1.11 bits per heavy atom. The third-order valence-electron chi connectivity index (χ3n) is 8.35. The van der Waals surface area contributed by atoms with Crippen molar-refractivity contribution in [1.29, 1.82) is 5.26 Å². The number of nitriles is 1. The molecule has 3 atom stereocenters. The summed E-state index contributed by atoms with van der Waals surface area (Å²) in [5, 5.41) is 19.2. The quantitative estimate of drug-likeness (QED) is 0.220. The van der Waals surface area contributed by atoms with Crippen molar-refractivity contribution in [3.8, 4) is 23.3 Å². The lowest BCUT2D eigenvalue weighted by Gasteiger charge is -2.35. The number of anilines is 2. The van der Waals surface area contributed by atoms with Gasteiger partial charge in [0.15, 0.2) is 0 Å². The van der Waals surface area contributed by atoms with Gasteiger partial charge in [-0.2, -0.15) is 5.26 Å². The Bertz CT molecular complexity index is 1850. The Balaban J connectivity index is 1.07. The van der Waals surface area contributed by atoms with Gasteiger partial charge in [-0.05, 0) is 86.0 Å². The van der Waals surface area contributed by atoms with Crippen molar-refractivity contribution >= 4 is 35.1 Å². The number of amides is 3. The predicted octanol–water partition coefficient (Wildman–Crippen LogP) is 5.88. The van der Waals surface area contributed by atoms with Gasteiger partial charge < -0.3 is 25.4 Å². The first-order valence-electron chi connectivity index (χ1n) is 15.2. The summed E-state index contributed by atoms with van der Waals surface area (Å²) in [5.41, 5.74) is 4.52. The van der Waals surface area contributed by atoms with Crippen LogP contribution < -0.4 is 30.3 Å². The molecule has 0 spiro atoms. The van der Waals surface area contributed by atoms with E-state index < -0.39 is 11.3 Å². The van der Waals surface area contributed by atoms with Crippen molar-refractivity contribution in [2.75, 3.05) is 18.0 Å². The van der Waals surface area contributed by atoms with E-state index in [-0.39, 0.29) is 24.6 Å². The topological polar surface area (TPSA) is 129 Å². The molecule has 3 aliphatic heterocycles. The Morgan fingerprint density at radius 2 is 1.98 bits per heavy atom. The van der Waals surface area contributed by atoms with E-state index in [4.69, 9.17) is 9.47 Å². The van der Waals surface area contributed by atoms with Crippen LogP contribution in [0.5, 0.6) is 17.2 Å². The number of hydrogen-bond acceptors (Lipinski definition) is 8. The maximum atomic E-state index is 13.7. The van der Waals surface area contributed by atoms with Crippen molar-refractivity contribution in [2.24, 2.45) is 0 Å². The summed E-state index contributed by atoms with van der Waals surface area (Å²) in [6.07, 6.45) is 3.65. The van der Waals surface area contributed by atoms with Crippen molar-refractivity contribution in [3.05, 3.63) is 101 Å². The maximum Gasteiger partial charge on any atom is 0.327 e. The van der Waals surface area contributed by atoms with Gasteiger partial charge in [0, 0.05) is 24.3 Å². The zero-order valence-corrected chi connectivity index (χ0v) is 26.0. The normalized spacial score (nSPS) is 19.9. The molecule has 11 heteroatoms. The first-order valence-corrected chi connectivity index (χ1v) is 16.1. The molecule has 3 amide bonds. The number of aromatic nitrogens is 1. The largest absolute Gasteiger partial charge is 0.488 e. The standard InChI is InChI=1S/C35H32N6O4S/c1-21-16-26(45-25-9-4-6-22(17-25)20-44-29-10-3-2-7-23(29)18-36)11-12-27(21)41-28-13-15-38-34-30(28)31(40-35(41)43)32(46-34)33(42)39-24-8-5-14-37-19-24/h2-4,6-7,9-13,15-17,24,31-32,37H,5,8,14,19-20H2,1H3,(H,39,42)(H,40,43)/t24?,31?,32-/m1/s1. The number of hydrogen-bond donors (Lipinski definition) is 3. The number of aryl methyl sites for hydroxylation is 1. The van der Waals surface area contributed by atoms with E-state index in [9.17, 15) is 14.9 Å². The van der Waals surface area contributed by atoms with Crippen LogP contribution in [-0.2, 0) is 11.4 Å². The number of carbonyl (C=O) groups excluding carboxylic acids is 2. The minimum atomic E-state index is -0.490. The average molecular weight is 633 g/mol. The Morgan fingerprint density at radius 3 is 2.80 bits per heavy atom. The van der Waals surface area contributed by atoms with E-state index >= 15 is 0 Å². The number of nitrogens with one attached hydrogen (secondary N) is 3. The Hall–Kier alpha value is -5.05. The molecule has 10 nitrogen and oxygen atoms in total. The minimum absolute atomic E-state index is 0.0818. The first-order chi connectivity index (χ1) is 22.5. The fourth-order valence-electron chi connectivity index (χ4n) is 6.15. The smallest absolute Gasteiger partial charge is 0.327 e. The number of benzene rings is 3. The number of rotatable bonds is 8. The zero-order chi connectivity index (χ0) is 31.6. The zero-order valence-electron chi connectivity index (χ0n) is 25.2. The molecule has 46 heavy (non-hydrogen) atoms. The molecule has 2 unspecified atom stereocenters. The summed E-state index contributed by atoms with van der Waals surface area (Å²) < 4.78 is 12.1. The maximum absolute atomic E-state index is 13.7. The van der Waals surface area contributed by atoms with Crippen LogP contribution in [0.15, 0.2) is 84.0 Å². The minimum Gasteiger partial charge on any atom is -0.488 e. The second-order valence-electron chi connectivity index (χ2n) is 11.5. The molecule has 3 N–H and O–H groups in total. The molecule has 7 rings (SSSR count). The Labute approximate surface area is 271 Å². The van der Waals surface area contributed by atoms with Crippen LogP contribution in [0.2, 0.25) is 0 Å². The van der Waals surface area contributed by atoms with Crippen molar-refractivity contribution in [3.63, 3.8) is 0 Å². The first kappa shape index (κ1) is 29.6. The van der Waals surface area contributed by atoms with Gasteiger partial charge in [-0.1, -0.05) is 36.0 Å². The number of urea groups is 1. The highest BCUT2D eigenvalue weighted by atomic mass is 32.2. The number of piperidine rings is 1. The summed E-state index contributed by atoms with van der Waals surface area (Å²) in [6.45, 7) is 3.94. The summed E-state index contributed by atoms with van der Waals surface area (Å²) in [6, 6.07) is 23.6. The third kappa shape index (κ3) is 5.85. The second kappa shape index (κ2) is 12.7. The fourth-order valence-corrected chi connectivity index (χ4v) is 7.38. The molecule has 0 radical (unpaired) electrons. The van der Waals surface area contributed by atoms with Gasteiger partial charge in [-0.25, -0.2) is 9.78 Å². The van der Waals surface area contributed by atoms with E-state index in [2.05, 4.69) is 27.0 Å². The lowest BCUT2D eigenvalue weighted by Crippen LogP contribution is -2.52.